The molecule has 0 saturated carbocycles. The molecule has 7 aromatic rings. The molecule has 0 saturated heterocycles. The number of ether oxygens (including phenoxy) is 4. The third-order valence-corrected chi connectivity index (χ3v) is 10.7. The lowest BCUT2D eigenvalue weighted by Crippen LogP contribution is -2.38. The summed E-state index contributed by atoms with van der Waals surface area (Å²) in [5, 5.41) is 32.1. The topological polar surface area (TPSA) is 218 Å². The Morgan fingerprint density at radius 3 is 2.46 bits per heavy atom. The first-order valence-corrected chi connectivity index (χ1v) is 21.0. The fourth-order valence-corrected chi connectivity index (χ4v) is 7.48. The van der Waals surface area contributed by atoms with E-state index in [-0.39, 0.29) is 43.2 Å². The smallest absolute Gasteiger partial charge is 0.258 e. The second kappa shape index (κ2) is 18.9. The Labute approximate surface area is 374 Å². The van der Waals surface area contributed by atoms with Crippen LogP contribution in [0, 0.1) is 0 Å². The summed E-state index contributed by atoms with van der Waals surface area (Å²) in [6.07, 6.45) is 7.36. The summed E-state index contributed by atoms with van der Waals surface area (Å²) in [7, 11) is 8.74. The van der Waals surface area contributed by atoms with Gasteiger partial charge in [0.05, 0.1) is 37.1 Å². The second-order valence-corrected chi connectivity index (χ2v) is 16.0. The molecule has 2 unspecified atom stereocenters. The quantitative estimate of drug-likeness (QED) is 0.0875. The molecular weight excluding hydrogens is 833 g/mol. The first-order valence-electron chi connectivity index (χ1n) is 21.0. The molecule has 8 rings (SSSR count). The Morgan fingerprint density at radius 2 is 1.66 bits per heavy atom. The molecule has 2 atom stereocenters. The Kier molecular flexibility index (Phi) is 12.8. The molecule has 0 radical (unpaired) electrons. The van der Waals surface area contributed by atoms with Gasteiger partial charge >= 0.3 is 0 Å². The van der Waals surface area contributed by atoms with E-state index in [1.165, 1.54) is 0 Å². The molecule has 20 heteroatoms. The van der Waals surface area contributed by atoms with E-state index in [1.54, 1.807) is 54.2 Å². The summed E-state index contributed by atoms with van der Waals surface area (Å²) in [4.78, 5) is 36.7. The predicted octanol–water partition coefficient (Wildman–Crippen LogP) is 5.17. The van der Waals surface area contributed by atoms with Crippen molar-refractivity contribution in [3.05, 3.63) is 90.7 Å². The molecule has 0 aliphatic heterocycles. The molecule has 1 aliphatic rings. The van der Waals surface area contributed by atoms with Crippen molar-refractivity contribution < 1.29 is 28.5 Å². The fourth-order valence-electron chi connectivity index (χ4n) is 7.48. The fraction of sp³-hybridized carbons (Fsp3) is 0.333. The third-order valence-electron chi connectivity index (χ3n) is 10.7. The number of aromatic amines is 1. The van der Waals surface area contributed by atoms with Gasteiger partial charge < -0.3 is 39.8 Å². The summed E-state index contributed by atoms with van der Waals surface area (Å²) in [6, 6.07) is 17.0. The van der Waals surface area contributed by atoms with Gasteiger partial charge in [0.1, 0.15) is 11.9 Å². The largest absolute Gasteiger partial charge is 0.493 e. The van der Waals surface area contributed by atoms with Crippen LogP contribution in [0.3, 0.4) is 0 Å². The van der Waals surface area contributed by atoms with Crippen molar-refractivity contribution in [2.75, 3.05) is 44.7 Å². The molecule has 1 aliphatic carbocycles. The maximum Gasteiger partial charge on any atom is 0.258 e. The summed E-state index contributed by atoms with van der Waals surface area (Å²) in [6.45, 7) is 5.83. The number of aryl methyl sites for hydroxylation is 2. The van der Waals surface area contributed by atoms with Gasteiger partial charge in [-0.3, -0.25) is 19.4 Å². The van der Waals surface area contributed by atoms with Gasteiger partial charge in [-0.25, -0.2) is 9.36 Å². The van der Waals surface area contributed by atoms with E-state index in [0.29, 0.717) is 53.8 Å². The standard InChI is InChI=1S/C45H52N14O6/c1-26(2)48-40(60)24-64-36-15-9-28(19-38(36)62-7)42-51-44(57(5)54-42)50-32-11-14-35-31(17-32)22-47-59(35)23-27(3)49-41(61)25-65-37-16-10-29(20-39(37)63-8)43-52-45(58(6)55-43)56(4)33-12-13-34-30(18-33)21-46-53-34/h9-18,20-22,26-27,38H,19,23-25H2,1-8H3,(H,46,53)(H,48,60)(H,49,61)(H,50,51,54). The number of allylic oxidation sites excluding steroid dienone is 2. The van der Waals surface area contributed by atoms with Crippen LogP contribution in [0.4, 0.5) is 23.3 Å². The van der Waals surface area contributed by atoms with Gasteiger partial charge in [-0.15, -0.1) is 10.2 Å². The molecule has 0 spiro atoms. The first-order chi connectivity index (χ1) is 31.3. The van der Waals surface area contributed by atoms with E-state index in [0.717, 1.165) is 44.3 Å². The summed E-state index contributed by atoms with van der Waals surface area (Å²) < 4.78 is 28.2. The van der Waals surface area contributed by atoms with Crippen LogP contribution >= 0.6 is 0 Å². The van der Waals surface area contributed by atoms with Crippen molar-refractivity contribution in [3.63, 3.8) is 0 Å². The Bertz CT molecular complexity index is 2910. The molecule has 4 N–H and O–H groups in total. The van der Waals surface area contributed by atoms with Crippen molar-refractivity contribution >= 4 is 62.5 Å². The minimum Gasteiger partial charge on any atom is -0.493 e. The van der Waals surface area contributed by atoms with Crippen LogP contribution in [0.5, 0.6) is 11.5 Å². The molecule has 65 heavy (non-hydrogen) atoms. The highest BCUT2D eigenvalue weighted by Crippen LogP contribution is 2.34. The van der Waals surface area contributed by atoms with Gasteiger partial charge in [-0.2, -0.15) is 20.2 Å². The van der Waals surface area contributed by atoms with E-state index in [9.17, 15) is 9.59 Å². The van der Waals surface area contributed by atoms with Crippen LogP contribution in [-0.2, 0) is 39.7 Å². The minimum absolute atomic E-state index is 0.0267. The maximum atomic E-state index is 13.1. The molecule has 4 aromatic heterocycles. The Morgan fingerprint density at radius 1 is 0.862 bits per heavy atom. The summed E-state index contributed by atoms with van der Waals surface area (Å²) in [5.74, 6) is 3.20. The van der Waals surface area contributed by atoms with Gasteiger partial charge in [0.2, 0.25) is 11.9 Å². The monoisotopic (exact) mass is 884 g/mol. The summed E-state index contributed by atoms with van der Waals surface area (Å²) in [5.41, 5.74) is 5.19. The van der Waals surface area contributed by atoms with Crippen molar-refractivity contribution in [1.82, 2.24) is 60.1 Å². The number of nitrogens with zero attached hydrogens (tertiary/aromatic N) is 10. The number of hydrogen-bond donors (Lipinski definition) is 4. The van der Waals surface area contributed by atoms with Crippen molar-refractivity contribution in [2.24, 2.45) is 14.1 Å². The number of hydrogen-bond acceptors (Lipinski definition) is 14. The number of benzene rings is 3. The second-order valence-electron chi connectivity index (χ2n) is 16.0. The van der Waals surface area contributed by atoms with E-state index < -0.39 is 0 Å². The van der Waals surface area contributed by atoms with Crippen LogP contribution in [-0.4, -0.2) is 114 Å². The number of aromatic nitrogens is 10. The van der Waals surface area contributed by atoms with Gasteiger partial charge in [0, 0.05) is 80.0 Å². The molecule has 338 valence electrons. The lowest BCUT2D eigenvalue weighted by atomic mass is 10.0. The molecule has 3 aromatic carbocycles. The van der Waals surface area contributed by atoms with Crippen molar-refractivity contribution in [3.8, 4) is 22.9 Å². The SMILES string of the molecule is COc1cc(-c2nc(N(C)c3ccc4[nH]ncc4c3)n(C)n2)ccc1OCC(=O)NC(C)Cn1ncc2cc(Nc3nc(C4=CC=C(OCC(=O)NC(C)C)C(OC)C4)nn3C)ccc21. The number of H-pyrrole nitrogens is 1. The molecular formula is C45H52N14O6. The number of methoxy groups -OCH3 is 2. The van der Waals surface area contributed by atoms with E-state index in [2.05, 4.69) is 41.4 Å². The minimum atomic E-state index is -0.380. The van der Waals surface area contributed by atoms with Crippen LogP contribution in [0.15, 0.2) is 84.9 Å². The molecule has 0 fully saturated rings. The molecule has 20 nitrogen and oxygen atoms in total. The molecule has 2 amide bonds. The zero-order valence-electron chi connectivity index (χ0n) is 37.5. The molecule has 4 heterocycles. The van der Waals surface area contributed by atoms with Gasteiger partial charge in [0.25, 0.3) is 11.8 Å². The third kappa shape index (κ3) is 9.91. The zero-order chi connectivity index (χ0) is 45.8. The van der Waals surface area contributed by atoms with Gasteiger partial charge in [0.15, 0.2) is 36.4 Å². The average molecular weight is 885 g/mol. The number of rotatable bonds is 18. The number of carbonyl (C=O) groups excluding carboxylic acids is 2. The van der Waals surface area contributed by atoms with Crippen LogP contribution < -0.4 is 30.3 Å². The van der Waals surface area contributed by atoms with Crippen LogP contribution in [0.1, 0.15) is 33.0 Å². The highest BCUT2D eigenvalue weighted by molar-refractivity contribution is 5.84. The Hall–Kier alpha value is -7.74. The summed E-state index contributed by atoms with van der Waals surface area (Å²) >= 11 is 0. The van der Waals surface area contributed by atoms with E-state index in [1.807, 2.05) is 100 Å². The van der Waals surface area contributed by atoms with Crippen molar-refractivity contribution in [2.45, 2.75) is 51.9 Å². The number of nitrogens with one attached hydrogen (secondary N) is 4. The van der Waals surface area contributed by atoms with E-state index in [4.69, 9.17) is 28.9 Å². The maximum absolute atomic E-state index is 13.1. The van der Waals surface area contributed by atoms with Gasteiger partial charge in [-0.1, -0.05) is 6.08 Å². The van der Waals surface area contributed by atoms with Crippen LogP contribution in [0.25, 0.3) is 38.8 Å². The lowest BCUT2D eigenvalue weighted by molar-refractivity contribution is -0.125. The van der Waals surface area contributed by atoms with E-state index >= 15 is 0 Å². The average Bonchev–Trinajstić information content (AvgIpc) is 4.10. The first kappa shape index (κ1) is 43.9. The lowest BCUT2D eigenvalue weighted by Gasteiger charge is -2.23. The number of carbonyl (C=O) groups is 2. The number of fused-ring (bicyclic) bond motifs is 2. The molecule has 0 bridgehead atoms. The Balaban J connectivity index is 0.843. The normalized spacial score (nSPS) is 14.3. The van der Waals surface area contributed by atoms with Gasteiger partial charge in [-0.05, 0) is 81.4 Å². The highest BCUT2D eigenvalue weighted by atomic mass is 16.5. The number of amides is 2. The highest BCUT2D eigenvalue weighted by Gasteiger charge is 2.25. The van der Waals surface area contributed by atoms with Crippen molar-refractivity contribution in [1.29, 1.82) is 0 Å². The predicted molar refractivity (Wildman–Crippen MR) is 245 cm³/mol. The number of anilines is 4. The van der Waals surface area contributed by atoms with Crippen LogP contribution in [0.2, 0.25) is 0 Å². The zero-order valence-corrected chi connectivity index (χ0v) is 37.5.